The van der Waals surface area contributed by atoms with Gasteiger partial charge >= 0.3 is 0 Å². The van der Waals surface area contributed by atoms with Crippen LogP contribution in [0.5, 0.6) is 0 Å². The summed E-state index contributed by atoms with van der Waals surface area (Å²) in [5.74, 6) is -0.455. The van der Waals surface area contributed by atoms with Crippen molar-refractivity contribution < 1.29 is 14.3 Å². The summed E-state index contributed by atoms with van der Waals surface area (Å²) in [6.45, 7) is 7.07. The summed E-state index contributed by atoms with van der Waals surface area (Å²) in [5, 5.41) is 7.68. The first-order valence-electron chi connectivity index (χ1n) is 11.2. The van der Waals surface area contributed by atoms with Crippen molar-refractivity contribution in [3.63, 3.8) is 0 Å². The monoisotopic (exact) mass is 446 g/mol. The number of methoxy groups -OCH3 is 1. The Morgan fingerprint density at radius 3 is 2.48 bits per heavy atom. The fraction of sp³-hybridized carbons (Fsp3) is 0.346. The zero-order valence-corrected chi connectivity index (χ0v) is 19.6. The van der Waals surface area contributed by atoms with E-state index in [-0.39, 0.29) is 18.4 Å². The zero-order valence-electron chi connectivity index (χ0n) is 19.6. The van der Waals surface area contributed by atoms with E-state index in [1.807, 2.05) is 62.4 Å². The molecule has 7 heteroatoms. The van der Waals surface area contributed by atoms with Gasteiger partial charge in [-0.15, -0.1) is 0 Å². The number of ether oxygens (including phenoxy) is 1. The average Bonchev–Trinajstić information content (AvgIpc) is 3.20. The number of carbonyl (C=O) groups is 2. The first kappa shape index (κ1) is 22.7. The van der Waals surface area contributed by atoms with E-state index in [1.54, 1.807) is 23.6 Å². The average molecular weight is 447 g/mol. The minimum Gasteiger partial charge on any atom is -0.385 e. The van der Waals surface area contributed by atoms with Gasteiger partial charge in [0.1, 0.15) is 11.2 Å². The summed E-state index contributed by atoms with van der Waals surface area (Å²) < 4.78 is 6.75. The van der Waals surface area contributed by atoms with E-state index in [1.165, 1.54) is 0 Å². The lowest BCUT2D eigenvalue weighted by molar-refractivity contribution is -0.126. The Bertz CT molecular complexity index is 1150. The van der Waals surface area contributed by atoms with Gasteiger partial charge in [-0.3, -0.25) is 19.2 Å². The van der Waals surface area contributed by atoms with Crippen molar-refractivity contribution >= 4 is 17.5 Å². The fourth-order valence-corrected chi connectivity index (χ4v) is 4.42. The van der Waals surface area contributed by atoms with E-state index in [2.05, 4.69) is 11.4 Å². The van der Waals surface area contributed by atoms with Crippen LogP contribution in [0.15, 0.2) is 54.6 Å². The number of aromatic nitrogens is 2. The normalized spacial score (nSPS) is 17.7. The second kappa shape index (κ2) is 9.19. The van der Waals surface area contributed by atoms with Crippen LogP contribution in [0.25, 0.3) is 11.3 Å². The van der Waals surface area contributed by atoms with Gasteiger partial charge in [-0.05, 0) is 56.5 Å². The highest BCUT2D eigenvalue weighted by Crippen LogP contribution is 2.35. The Balaban J connectivity index is 1.77. The minimum absolute atomic E-state index is 0.214. The van der Waals surface area contributed by atoms with Gasteiger partial charge in [0.25, 0.3) is 5.91 Å². The van der Waals surface area contributed by atoms with E-state index < -0.39 is 5.54 Å². The first-order valence-corrected chi connectivity index (χ1v) is 11.2. The fourth-order valence-electron chi connectivity index (χ4n) is 4.42. The van der Waals surface area contributed by atoms with Crippen molar-refractivity contribution in [2.75, 3.05) is 25.2 Å². The van der Waals surface area contributed by atoms with E-state index in [0.717, 1.165) is 16.7 Å². The van der Waals surface area contributed by atoms with Crippen molar-refractivity contribution in [3.8, 4) is 11.3 Å². The van der Waals surface area contributed by atoms with Crippen LogP contribution in [0.4, 0.5) is 5.69 Å². The molecule has 1 aromatic heterocycles. The smallest absolute Gasteiger partial charge is 0.277 e. The van der Waals surface area contributed by atoms with Gasteiger partial charge in [-0.25, -0.2) is 0 Å². The van der Waals surface area contributed by atoms with Crippen LogP contribution in [0.3, 0.4) is 0 Å². The third kappa shape index (κ3) is 4.41. The molecule has 1 aliphatic heterocycles. The van der Waals surface area contributed by atoms with Crippen LogP contribution in [0.2, 0.25) is 0 Å². The number of nitrogens with one attached hydrogen (secondary N) is 1. The molecule has 0 unspecified atom stereocenters. The molecule has 2 heterocycles. The number of aryl methyl sites for hydroxylation is 2. The van der Waals surface area contributed by atoms with Crippen molar-refractivity contribution in [2.24, 2.45) is 0 Å². The number of anilines is 1. The molecule has 7 nitrogen and oxygen atoms in total. The van der Waals surface area contributed by atoms with Gasteiger partial charge in [-0.2, -0.15) is 5.10 Å². The van der Waals surface area contributed by atoms with E-state index in [4.69, 9.17) is 9.84 Å². The molecule has 1 atom stereocenters. The predicted octanol–water partition coefficient (Wildman–Crippen LogP) is 3.74. The van der Waals surface area contributed by atoms with Crippen LogP contribution in [0, 0.1) is 13.8 Å². The summed E-state index contributed by atoms with van der Waals surface area (Å²) in [7, 11) is 1.63. The second-order valence-corrected chi connectivity index (χ2v) is 8.80. The topological polar surface area (TPSA) is 76.5 Å². The van der Waals surface area contributed by atoms with Crippen molar-refractivity contribution in [3.05, 3.63) is 71.4 Å². The molecule has 1 aliphatic rings. The molecule has 0 saturated carbocycles. The van der Waals surface area contributed by atoms with Crippen LogP contribution >= 0.6 is 0 Å². The molecule has 0 saturated heterocycles. The molecule has 4 rings (SSSR count). The number of amides is 2. The number of hydrogen-bond donors (Lipinski definition) is 1. The maximum absolute atomic E-state index is 13.8. The lowest BCUT2D eigenvalue weighted by Crippen LogP contribution is -2.64. The molecular formula is C26H30N4O3. The number of hydrogen-bond acceptors (Lipinski definition) is 4. The Kier molecular flexibility index (Phi) is 6.33. The third-order valence-corrected chi connectivity index (χ3v) is 5.99. The van der Waals surface area contributed by atoms with E-state index in [0.29, 0.717) is 36.6 Å². The maximum atomic E-state index is 13.8. The highest BCUT2D eigenvalue weighted by Gasteiger charge is 2.48. The Hall–Kier alpha value is -3.45. The van der Waals surface area contributed by atoms with Crippen LogP contribution in [-0.4, -0.2) is 47.4 Å². The molecule has 33 heavy (non-hydrogen) atoms. The summed E-state index contributed by atoms with van der Waals surface area (Å²) in [6, 6.07) is 17.5. The van der Waals surface area contributed by atoms with Gasteiger partial charge in [0.2, 0.25) is 5.91 Å². The lowest BCUT2D eigenvalue weighted by Gasteiger charge is -2.43. The van der Waals surface area contributed by atoms with Gasteiger partial charge in [0.05, 0.1) is 12.2 Å². The number of nitrogens with zero attached hydrogens (tertiary/aromatic N) is 3. The highest BCUT2D eigenvalue weighted by atomic mass is 16.5. The van der Waals surface area contributed by atoms with Gasteiger partial charge in [-0.1, -0.05) is 36.4 Å². The first-order chi connectivity index (χ1) is 15.8. The molecular weight excluding hydrogens is 416 g/mol. The molecule has 0 radical (unpaired) electrons. The molecule has 2 amide bonds. The maximum Gasteiger partial charge on any atom is 0.277 e. The molecule has 0 spiro atoms. The molecule has 172 valence electrons. The number of benzene rings is 2. The molecule has 0 aliphatic carbocycles. The van der Waals surface area contributed by atoms with Crippen molar-refractivity contribution in [1.29, 1.82) is 0 Å². The molecule has 0 fully saturated rings. The predicted molar refractivity (Wildman–Crippen MR) is 128 cm³/mol. The minimum atomic E-state index is -1.14. The Morgan fingerprint density at radius 1 is 1.12 bits per heavy atom. The van der Waals surface area contributed by atoms with Crippen LogP contribution < -0.4 is 10.2 Å². The molecule has 0 bridgehead atoms. The van der Waals surface area contributed by atoms with Crippen LogP contribution in [0.1, 0.15) is 35.0 Å². The highest BCUT2D eigenvalue weighted by molar-refractivity contribution is 6.12. The van der Waals surface area contributed by atoms with Gasteiger partial charge in [0.15, 0.2) is 0 Å². The Morgan fingerprint density at radius 2 is 1.82 bits per heavy atom. The number of rotatable bonds is 7. The lowest BCUT2D eigenvalue weighted by atomic mass is 9.93. The Labute approximate surface area is 194 Å². The third-order valence-electron chi connectivity index (χ3n) is 5.99. The second-order valence-electron chi connectivity index (χ2n) is 8.80. The van der Waals surface area contributed by atoms with E-state index >= 15 is 0 Å². The molecule has 3 aromatic rings. The SMILES string of the molecule is COCCCNC(=O)[C@]1(C)Cn2nc(-c3ccccc3)cc2C(=O)N1c1cc(C)cc(C)c1. The number of fused-ring (bicyclic) bond motifs is 1. The van der Waals surface area contributed by atoms with E-state index in [9.17, 15) is 9.59 Å². The standard InChI is InChI=1S/C26H30N4O3/c1-18-13-19(2)15-21(14-18)30-24(31)23-16-22(20-9-6-5-7-10-20)28-29(23)17-26(30,3)25(32)27-11-8-12-33-4/h5-7,9-10,13-16H,8,11-12,17H2,1-4H3,(H,27,32)/t26-/m0/s1. The largest absolute Gasteiger partial charge is 0.385 e. The summed E-state index contributed by atoms with van der Waals surface area (Å²) in [6.07, 6.45) is 0.695. The molecule has 1 N–H and O–H groups in total. The van der Waals surface area contributed by atoms with Gasteiger partial charge < -0.3 is 10.1 Å². The summed E-state index contributed by atoms with van der Waals surface area (Å²) in [5.41, 5.74) is 3.74. The molecule has 2 aromatic carbocycles. The summed E-state index contributed by atoms with van der Waals surface area (Å²) >= 11 is 0. The quantitative estimate of drug-likeness (QED) is 0.561. The summed E-state index contributed by atoms with van der Waals surface area (Å²) in [4.78, 5) is 29.0. The van der Waals surface area contributed by atoms with Crippen molar-refractivity contribution in [2.45, 2.75) is 39.3 Å². The zero-order chi connectivity index (χ0) is 23.6. The number of carbonyl (C=O) groups excluding carboxylic acids is 2. The van der Waals surface area contributed by atoms with Crippen LogP contribution in [-0.2, 0) is 16.1 Å². The van der Waals surface area contributed by atoms with Gasteiger partial charge in [0, 0.05) is 31.5 Å². The van der Waals surface area contributed by atoms with Crippen molar-refractivity contribution in [1.82, 2.24) is 15.1 Å².